The standard InChI is InChI=1S/C14H22N2O3/c1-5-12(10(3)15-4)11-7-8-13(16(17)18)14(9-11)19-6-2/h7-10,12,15H,5-6H2,1-4H3. The van der Waals surface area contributed by atoms with Crippen LogP contribution in [-0.2, 0) is 0 Å². The summed E-state index contributed by atoms with van der Waals surface area (Å²) in [6.07, 6.45) is 0.964. The van der Waals surface area contributed by atoms with Crippen molar-refractivity contribution in [3.05, 3.63) is 33.9 Å². The lowest BCUT2D eigenvalue weighted by atomic mass is 9.90. The highest BCUT2D eigenvalue weighted by atomic mass is 16.6. The minimum absolute atomic E-state index is 0.0255. The van der Waals surface area contributed by atoms with E-state index in [2.05, 4.69) is 19.2 Å². The van der Waals surface area contributed by atoms with Crippen LogP contribution < -0.4 is 10.1 Å². The molecule has 0 amide bonds. The van der Waals surface area contributed by atoms with Crippen LogP contribution in [0.1, 0.15) is 38.7 Å². The second-order valence-electron chi connectivity index (χ2n) is 4.51. The average Bonchev–Trinajstić information content (AvgIpc) is 2.39. The van der Waals surface area contributed by atoms with Gasteiger partial charge in [-0.1, -0.05) is 13.0 Å². The zero-order chi connectivity index (χ0) is 14.4. The van der Waals surface area contributed by atoms with Crippen molar-refractivity contribution in [1.29, 1.82) is 0 Å². The summed E-state index contributed by atoms with van der Waals surface area (Å²) in [5.41, 5.74) is 1.09. The Labute approximate surface area is 114 Å². The zero-order valence-electron chi connectivity index (χ0n) is 12.0. The van der Waals surface area contributed by atoms with E-state index >= 15 is 0 Å². The molecule has 0 radical (unpaired) electrons. The van der Waals surface area contributed by atoms with Gasteiger partial charge in [-0.25, -0.2) is 0 Å². The molecule has 0 aliphatic carbocycles. The van der Waals surface area contributed by atoms with Crippen molar-refractivity contribution in [1.82, 2.24) is 5.32 Å². The molecule has 5 nitrogen and oxygen atoms in total. The molecule has 5 heteroatoms. The quantitative estimate of drug-likeness (QED) is 0.608. The first-order chi connectivity index (χ1) is 9.04. The number of rotatable bonds is 7. The number of nitrogens with zero attached hydrogens (tertiary/aromatic N) is 1. The van der Waals surface area contributed by atoms with E-state index < -0.39 is 4.92 Å². The van der Waals surface area contributed by atoms with E-state index in [9.17, 15) is 10.1 Å². The highest BCUT2D eigenvalue weighted by Gasteiger charge is 2.21. The van der Waals surface area contributed by atoms with Crippen molar-refractivity contribution in [3.63, 3.8) is 0 Å². The molecule has 0 saturated heterocycles. The molecule has 0 heterocycles. The van der Waals surface area contributed by atoms with Crippen LogP contribution in [0, 0.1) is 10.1 Å². The fraction of sp³-hybridized carbons (Fsp3) is 0.571. The largest absolute Gasteiger partial charge is 0.487 e. The Bertz CT molecular complexity index is 435. The van der Waals surface area contributed by atoms with Gasteiger partial charge in [0.1, 0.15) is 0 Å². The summed E-state index contributed by atoms with van der Waals surface area (Å²) < 4.78 is 5.38. The van der Waals surface area contributed by atoms with Crippen molar-refractivity contribution >= 4 is 5.69 Å². The Hall–Kier alpha value is -1.62. The van der Waals surface area contributed by atoms with E-state index in [4.69, 9.17) is 4.74 Å². The molecule has 0 fully saturated rings. The number of hydrogen-bond donors (Lipinski definition) is 1. The fourth-order valence-electron chi connectivity index (χ4n) is 2.26. The third kappa shape index (κ3) is 3.67. The van der Waals surface area contributed by atoms with Crippen LogP contribution >= 0.6 is 0 Å². The molecule has 2 atom stereocenters. The predicted molar refractivity (Wildman–Crippen MR) is 75.8 cm³/mol. The van der Waals surface area contributed by atoms with Crippen LogP contribution in [0.4, 0.5) is 5.69 Å². The number of ether oxygens (including phenoxy) is 1. The zero-order valence-corrected chi connectivity index (χ0v) is 12.0. The molecule has 0 aliphatic heterocycles. The Morgan fingerprint density at radius 1 is 1.42 bits per heavy atom. The van der Waals surface area contributed by atoms with E-state index in [1.165, 1.54) is 6.07 Å². The third-order valence-corrected chi connectivity index (χ3v) is 3.41. The lowest BCUT2D eigenvalue weighted by Crippen LogP contribution is -2.28. The number of hydrogen-bond acceptors (Lipinski definition) is 4. The first kappa shape index (κ1) is 15.4. The van der Waals surface area contributed by atoms with Gasteiger partial charge in [0, 0.05) is 12.1 Å². The summed E-state index contributed by atoms with van der Waals surface area (Å²) in [6, 6.07) is 5.46. The Balaban J connectivity index is 3.15. The van der Waals surface area contributed by atoms with Crippen molar-refractivity contribution in [2.75, 3.05) is 13.7 Å². The molecule has 106 valence electrons. The molecule has 1 aromatic rings. The van der Waals surface area contributed by atoms with Gasteiger partial charge in [-0.2, -0.15) is 0 Å². The smallest absolute Gasteiger partial charge is 0.310 e. The van der Waals surface area contributed by atoms with Crippen molar-refractivity contribution in [3.8, 4) is 5.75 Å². The molecule has 0 spiro atoms. The van der Waals surface area contributed by atoms with Gasteiger partial charge in [-0.15, -0.1) is 0 Å². The molecule has 0 aromatic heterocycles. The summed E-state index contributed by atoms with van der Waals surface area (Å²) in [5.74, 6) is 0.664. The van der Waals surface area contributed by atoms with Gasteiger partial charge in [0.2, 0.25) is 0 Å². The second-order valence-corrected chi connectivity index (χ2v) is 4.51. The maximum absolute atomic E-state index is 11.0. The van der Waals surface area contributed by atoms with E-state index in [0.29, 0.717) is 24.3 Å². The van der Waals surface area contributed by atoms with Crippen LogP contribution in [0.25, 0.3) is 0 Å². The molecule has 19 heavy (non-hydrogen) atoms. The lowest BCUT2D eigenvalue weighted by molar-refractivity contribution is -0.385. The highest BCUT2D eigenvalue weighted by molar-refractivity contribution is 5.49. The topological polar surface area (TPSA) is 64.4 Å². The molecule has 0 aliphatic rings. The van der Waals surface area contributed by atoms with Crippen molar-refractivity contribution in [2.45, 2.75) is 39.2 Å². The van der Waals surface area contributed by atoms with Crippen molar-refractivity contribution < 1.29 is 9.66 Å². The monoisotopic (exact) mass is 266 g/mol. The van der Waals surface area contributed by atoms with E-state index in [-0.39, 0.29) is 5.69 Å². The Morgan fingerprint density at radius 2 is 2.11 bits per heavy atom. The number of likely N-dealkylation sites (N-methyl/N-ethyl adjacent to an activating group) is 1. The molecule has 2 unspecified atom stereocenters. The molecular formula is C14H22N2O3. The number of nitrogens with one attached hydrogen (secondary N) is 1. The summed E-state index contributed by atoms with van der Waals surface area (Å²) in [7, 11) is 1.92. The Kier molecular flexibility index (Phi) is 5.76. The van der Waals surface area contributed by atoms with Crippen LogP contribution in [0.2, 0.25) is 0 Å². The van der Waals surface area contributed by atoms with Gasteiger partial charge in [-0.05, 0) is 44.9 Å². The summed E-state index contributed by atoms with van der Waals surface area (Å²) in [4.78, 5) is 10.5. The van der Waals surface area contributed by atoms with Crippen LogP contribution in [0.15, 0.2) is 18.2 Å². The maximum atomic E-state index is 11.0. The minimum Gasteiger partial charge on any atom is -0.487 e. The van der Waals surface area contributed by atoms with E-state index in [1.54, 1.807) is 6.07 Å². The molecule has 0 saturated carbocycles. The van der Waals surface area contributed by atoms with E-state index in [0.717, 1.165) is 12.0 Å². The molecule has 0 bridgehead atoms. The van der Waals surface area contributed by atoms with Gasteiger partial charge in [0.15, 0.2) is 5.75 Å². The molecule has 1 aromatic carbocycles. The lowest BCUT2D eigenvalue weighted by Gasteiger charge is -2.23. The van der Waals surface area contributed by atoms with Crippen LogP contribution in [0.3, 0.4) is 0 Å². The predicted octanol–water partition coefficient (Wildman–Crippen LogP) is 3.10. The normalized spacial score (nSPS) is 13.9. The van der Waals surface area contributed by atoms with E-state index in [1.807, 2.05) is 20.0 Å². The number of benzene rings is 1. The Morgan fingerprint density at radius 3 is 2.58 bits per heavy atom. The van der Waals surface area contributed by atoms with Gasteiger partial charge >= 0.3 is 5.69 Å². The van der Waals surface area contributed by atoms with Crippen molar-refractivity contribution in [2.24, 2.45) is 0 Å². The first-order valence-corrected chi connectivity index (χ1v) is 6.63. The van der Waals surface area contributed by atoms with Gasteiger partial charge in [-0.3, -0.25) is 10.1 Å². The fourth-order valence-corrected chi connectivity index (χ4v) is 2.26. The summed E-state index contributed by atoms with van der Waals surface area (Å²) >= 11 is 0. The first-order valence-electron chi connectivity index (χ1n) is 6.63. The van der Waals surface area contributed by atoms with Gasteiger partial charge < -0.3 is 10.1 Å². The molecule has 1 N–H and O–H groups in total. The second kappa shape index (κ2) is 7.09. The molecular weight excluding hydrogens is 244 g/mol. The number of nitro benzene ring substituents is 1. The average molecular weight is 266 g/mol. The minimum atomic E-state index is -0.406. The summed E-state index contributed by atoms with van der Waals surface area (Å²) in [6.45, 7) is 6.46. The summed E-state index contributed by atoms with van der Waals surface area (Å²) in [5, 5.41) is 14.2. The maximum Gasteiger partial charge on any atom is 0.310 e. The highest BCUT2D eigenvalue weighted by Crippen LogP contribution is 2.33. The SMILES string of the molecule is CCOc1cc(C(CC)C(C)NC)ccc1[N+](=O)[O-]. The molecule has 1 rings (SSSR count). The van der Waals surface area contributed by atoms with Crippen LogP contribution in [0.5, 0.6) is 5.75 Å². The van der Waals surface area contributed by atoms with Gasteiger partial charge in [0.25, 0.3) is 0 Å². The van der Waals surface area contributed by atoms with Crippen LogP contribution in [-0.4, -0.2) is 24.6 Å². The van der Waals surface area contributed by atoms with Gasteiger partial charge in [0.05, 0.1) is 11.5 Å². The number of nitro groups is 1. The third-order valence-electron chi connectivity index (χ3n) is 3.41.